The fourth-order valence-electron chi connectivity index (χ4n) is 3.34. The van der Waals surface area contributed by atoms with Crippen LogP contribution in [-0.4, -0.2) is 61.4 Å². The Morgan fingerprint density at radius 3 is 2.50 bits per heavy atom. The molecule has 0 radical (unpaired) electrons. The minimum atomic E-state index is -4.78. The van der Waals surface area contributed by atoms with Gasteiger partial charge in [0.15, 0.2) is 17.6 Å². The first-order chi connectivity index (χ1) is 16.2. The lowest BCUT2D eigenvalue weighted by atomic mass is 10.2. The predicted molar refractivity (Wildman–Crippen MR) is 122 cm³/mol. The van der Waals surface area contributed by atoms with E-state index in [1.165, 1.54) is 19.2 Å². The van der Waals surface area contributed by atoms with Gasteiger partial charge in [-0.05, 0) is 42.2 Å². The van der Waals surface area contributed by atoms with Crippen molar-refractivity contribution in [2.75, 3.05) is 36.7 Å². The van der Waals surface area contributed by atoms with Gasteiger partial charge in [0.25, 0.3) is 5.91 Å². The van der Waals surface area contributed by atoms with Crippen LogP contribution >= 0.6 is 11.8 Å². The number of anilines is 1. The number of hydrogen-bond acceptors (Lipinski definition) is 7. The second-order valence-electron chi connectivity index (χ2n) is 7.36. The average molecular weight is 502 g/mol. The number of halogens is 3. The van der Waals surface area contributed by atoms with Crippen LogP contribution in [0, 0.1) is 0 Å². The molecule has 3 rings (SSSR count). The Morgan fingerprint density at radius 2 is 1.85 bits per heavy atom. The number of amides is 1. The second kappa shape index (κ2) is 11.6. The zero-order chi connectivity index (χ0) is 24.7. The van der Waals surface area contributed by atoms with Gasteiger partial charge in [-0.1, -0.05) is 6.92 Å². The van der Waals surface area contributed by atoms with Crippen LogP contribution < -0.4 is 23.8 Å². The Balaban J connectivity index is 1.61. The SMILES string of the molecule is CCSC[C@@H](O)COc1ccc(N2CCC(Oc3ccc(OC(F)(F)F)cc3)C2=O)cc1OC. The van der Waals surface area contributed by atoms with E-state index in [0.717, 1.165) is 17.9 Å². The smallest absolute Gasteiger partial charge is 0.493 e. The maximum atomic E-state index is 12.9. The van der Waals surface area contributed by atoms with Crippen LogP contribution in [0.5, 0.6) is 23.0 Å². The number of ether oxygens (including phenoxy) is 4. The quantitative estimate of drug-likeness (QED) is 0.493. The molecule has 1 amide bonds. The van der Waals surface area contributed by atoms with Crippen molar-refractivity contribution in [3.05, 3.63) is 42.5 Å². The van der Waals surface area contributed by atoms with Crippen molar-refractivity contribution in [2.45, 2.75) is 31.9 Å². The van der Waals surface area contributed by atoms with Crippen molar-refractivity contribution in [1.82, 2.24) is 0 Å². The molecule has 1 saturated heterocycles. The summed E-state index contributed by atoms with van der Waals surface area (Å²) >= 11 is 1.62. The molecule has 11 heteroatoms. The van der Waals surface area contributed by atoms with Crippen LogP contribution in [0.15, 0.2) is 42.5 Å². The number of rotatable bonds is 11. The third-order valence-corrected chi connectivity index (χ3v) is 5.93. The Bertz CT molecular complexity index is 957. The van der Waals surface area contributed by atoms with Crippen molar-refractivity contribution in [3.63, 3.8) is 0 Å². The number of carbonyl (C=O) groups is 1. The van der Waals surface area contributed by atoms with E-state index in [9.17, 15) is 23.1 Å². The summed E-state index contributed by atoms with van der Waals surface area (Å²) in [5, 5.41) is 9.97. The lowest BCUT2D eigenvalue weighted by Crippen LogP contribution is -2.32. The molecule has 0 spiro atoms. The zero-order valence-corrected chi connectivity index (χ0v) is 19.5. The van der Waals surface area contributed by atoms with Crippen molar-refractivity contribution in [2.24, 2.45) is 0 Å². The number of aliphatic hydroxyl groups excluding tert-OH is 1. The fourth-order valence-corrected chi connectivity index (χ4v) is 3.94. The van der Waals surface area contributed by atoms with Gasteiger partial charge >= 0.3 is 6.36 Å². The van der Waals surface area contributed by atoms with Crippen LogP contribution in [0.1, 0.15) is 13.3 Å². The van der Waals surface area contributed by atoms with Gasteiger partial charge in [-0.25, -0.2) is 0 Å². The summed E-state index contributed by atoms with van der Waals surface area (Å²) in [6.45, 7) is 2.53. The summed E-state index contributed by atoms with van der Waals surface area (Å²) in [5.41, 5.74) is 0.594. The Hall–Kier alpha value is -2.79. The highest BCUT2D eigenvalue weighted by molar-refractivity contribution is 7.99. The summed E-state index contributed by atoms with van der Waals surface area (Å²) in [6.07, 6.45) is -5.76. The first kappa shape index (κ1) is 25.8. The molecule has 2 aromatic carbocycles. The largest absolute Gasteiger partial charge is 0.573 e. The van der Waals surface area contributed by atoms with E-state index in [2.05, 4.69) is 4.74 Å². The molecule has 0 saturated carbocycles. The number of carbonyl (C=O) groups excluding carboxylic acids is 1. The zero-order valence-electron chi connectivity index (χ0n) is 18.7. The predicted octanol–water partition coefficient (Wildman–Crippen LogP) is 4.27. The van der Waals surface area contributed by atoms with Gasteiger partial charge < -0.3 is 29.0 Å². The molecule has 0 aromatic heterocycles. The van der Waals surface area contributed by atoms with E-state index in [1.807, 2.05) is 6.92 Å². The third kappa shape index (κ3) is 7.10. The molecule has 34 heavy (non-hydrogen) atoms. The summed E-state index contributed by atoms with van der Waals surface area (Å²) in [7, 11) is 1.49. The Kier molecular flexibility index (Phi) is 8.78. The molecule has 7 nitrogen and oxygen atoms in total. The Labute approximate surface area is 199 Å². The van der Waals surface area contributed by atoms with Crippen molar-refractivity contribution in [1.29, 1.82) is 0 Å². The maximum absolute atomic E-state index is 12.9. The van der Waals surface area contributed by atoms with Gasteiger partial charge in [-0.15, -0.1) is 13.2 Å². The monoisotopic (exact) mass is 501 g/mol. The second-order valence-corrected chi connectivity index (χ2v) is 8.68. The molecule has 0 aliphatic carbocycles. The average Bonchev–Trinajstić information content (AvgIpc) is 3.16. The van der Waals surface area contributed by atoms with Gasteiger partial charge in [0, 0.05) is 30.5 Å². The van der Waals surface area contributed by atoms with Crippen LogP contribution in [-0.2, 0) is 4.79 Å². The number of nitrogens with zero attached hydrogens (tertiary/aromatic N) is 1. The lowest BCUT2D eigenvalue weighted by molar-refractivity contribution is -0.274. The number of thioether (sulfide) groups is 1. The van der Waals surface area contributed by atoms with Gasteiger partial charge in [-0.2, -0.15) is 11.8 Å². The number of benzene rings is 2. The molecule has 186 valence electrons. The molecule has 1 aliphatic heterocycles. The molecule has 1 heterocycles. The van der Waals surface area contributed by atoms with Crippen LogP contribution in [0.25, 0.3) is 0 Å². The molecular formula is C23H26F3NO6S. The molecule has 1 unspecified atom stereocenters. The van der Waals surface area contributed by atoms with Gasteiger partial charge in [-0.3, -0.25) is 4.79 Å². The van der Waals surface area contributed by atoms with Crippen LogP contribution in [0.2, 0.25) is 0 Å². The van der Waals surface area contributed by atoms with Gasteiger partial charge in [0.2, 0.25) is 0 Å². The van der Waals surface area contributed by atoms with E-state index < -0.39 is 18.6 Å². The highest BCUT2D eigenvalue weighted by Crippen LogP contribution is 2.34. The van der Waals surface area contributed by atoms with Crippen molar-refractivity contribution < 1.29 is 42.0 Å². The molecule has 1 aliphatic rings. The minimum Gasteiger partial charge on any atom is -0.493 e. The molecule has 1 fully saturated rings. The van der Waals surface area contributed by atoms with E-state index in [1.54, 1.807) is 34.9 Å². The molecule has 2 atom stereocenters. The molecular weight excluding hydrogens is 475 g/mol. The van der Waals surface area contributed by atoms with Crippen molar-refractivity contribution in [3.8, 4) is 23.0 Å². The number of methoxy groups -OCH3 is 1. The topological polar surface area (TPSA) is 77.5 Å². The number of aliphatic hydroxyl groups is 1. The van der Waals surface area contributed by atoms with E-state index in [4.69, 9.17) is 14.2 Å². The highest BCUT2D eigenvalue weighted by Gasteiger charge is 2.35. The van der Waals surface area contributed by atoms with Gasteiger partial charge in [0.05, 0.1) is 13.2 Å². The maximum Gasteiger partial charge on any atom is 0.573 e. The van der Waals surface area contributed by atoms with Gasteiger partial charge in [0.1, 0.15) is 18.1 Å². The molecule has 0 bridgehead atoms. The standard InChI is InChI=1S/C23H26F3NO6S/c1-3-34-14-16(28)13-31-19-9-4-15(12-21(19)30-2)27-11-10-20(22(27)29)32-17-5-7-18(8-6-17)33-23(24,25)26/h4-9,12,16,20,28H,3,10-11,13-14H2,1-2H3/t16-,20?/m0/s1. The van der Waals surface area contributed by atoms with E-state index in [0.29, 0.717) is 35.9 Å². The summed E-state index contributed by atoms with van der Waals surface area (Å²) in [4.78, 5) is 14.4. The van der Waals surface area contributed by atoms with E-state index >= 15 is 0 Å². The van der Waals surface area contributed by atoms with E-state index in [-0.39, 0.29) is 24.0 Å². The summed E-state index contributed by atoms with van der Waals surface area (Å²) in [5.74, 6) is 1.96. The minimum absolute atomic E-state index is 0.119. The van der Waals surface area contributed by atoms with Crippen LogP contribution in [0.4, 0.5) is 18.9 Å². The summed E-state index contributed by atoms with van der Waals surface area (Å²) in [6, 6.07) is 9.96. The Morgan fingerprint density at radius 1 is 1.15 bits per heavy atom. The first-order valence-electron chi connectivity index (χ1n) is 10.6. The highest BCUT2D eigenvalue weighted by atomic mass is 32.2. The van der Waals surface area contributed by atoms with Crippen LogP contribution in [0.3, 0.4) is 0 Å². The molecule has 1 N–H and O–H groups in total. The van der Waals surface area contributed by atoms with Crippen molar-refractivity contribution >= 4 is 23.4 Å². The fraction of sp³-hybridized carbons (Fsp3) is 0.435. The molecule has 2 aromatic rings. The lowest BCUT2D eigenvalue weighted by Gasteiger charge is -2.20. The first-order valence-corrected chi connectivity index (χ1v) is 11.8. The third-order valence-electron chi connectivity index (χ3n) is 4.90. The summed E-state index contributed by atoms with van der Waals surface area (Å²) < 4.78 is 57.5. The number of alkyl halides is 3. The normalized spacial score (nSPS) is 16.9. The number of hydrogen-bond donors (Lipinski definition) is 1.